The van der Waals surface area contributed by atoms with E-state index in [2.05, 4.69) is 16.0 Å². The number of hydrogen-bond acceptors (Lipinski definition) is 5. The fourth-order valence-corrected chi connectivity index (χ4v) is 5.19. The number of nitrogens with one attached hydrogen (secondary N) is 3. The van der Waals surface area contributed by atoms with Gasteiger partial charge in [0.05, 0.1) is 12.7 Å². The Hall–Kier alpha value is -2.07. The largest absolute Gasteiger partial charge is 0.465 e. The average molecular weight is 511 g/mol. The van der Waals surface area contributed by atoms with Crippen molar-refractivity contribution >= 4 is 23.7 Å². The van der Waals surface area contributed by atoms with Crippen LogP contribution in [-0.4, -0.2) is 81.2 Å². The standard InChI is InChI=1S/C25H39ClN4O5/c1-27-22(13-18-5-4-11-34-17-18)15-29-24(31)30-10-3-7-20(16-30)23(35-12-9-28-25(32)33)19-6-2-8-21(26)14-19/h2,6,8,14,18,20,22-23,27-28H,3-5,7,9-13,15-17H2,1H3,(H,29,31)(H,32,33)/t18-,20-,22+,23+/m1/s1. The van der Waals surface area contributed by atoms with E-state index in [1.165, 1.54) is 6.42 Å². The van der Waals surface area contributed by atoms with Crippen LogP contribution in [0.5, 0.6) is 0 Å². The molecule has 10 heteroatoms. The fourth-order valence-electron chi connectivity index (χ4n) is 4.99. The van der Waals surface area contributed by atoms with Crippen molar-refractivity contribution in [3.8, 4) is 0 Å². The molecule has 3 amide bonds. The Bertz CT molecular complexity index is 808. The summed E-state index contributed by atoms with van der Waals surface area (Å²) in [5, 5.41) is 18.2. The van der Waals surface area contributed by atoms with Crippen molar-refractivity contribution < 1.29 is 24.2 Å². The van der Waals surface area contributed by atoms with Crippen LogP contribution in [0.3, 0.4) is 0 Å². The molecule has 2 saturated heterocycles. The summed E-state index contributed by atoms with van der Waals surface area (Å²) in [5.74, 6) is 0.612. The van der Waals surface area contributed by atoms with Gasteiger partial charge in [0, 0.05) is 56.4 Å². The highest BCUT2D eigenvalue weighted by molar-refractivity contribution is 6.30. The van der Waals surface area contributed by atoms with Gasteiger partial charge in [0.1, 0.15) is 0 Å². The molecule has 0 aliphatic carbocycles. The van der Waals surface area contributed by atoms with Crippen LogP contribution in [0.25, 0.3) is 0 Å². The van der Waals surface area contributed by atoms with Crippen molar-refractivity contribution in [1.29, 1.82) is 0 Å². The highest BCUT2D eigenvalue weighted by Crippen LogP contribution is 2.34. The Morgan fingerprint density at radius 3 is 2.86 bits per heavy atom. The molecule has 196 valence electrons. The highest BCUT2D eigenvalue weighted by Gasteiger charge is 2.31. The zero-order valence-electron chi connectivity index (χ0n) is 20.5. The van der Waals surface area contributed by atoms with Gasteiger partial charge in [-0.3, -0.25) is 0 Å². The lowest BCUT2D eigenvalue weighted by Crippen LogP contribution is -2.50. The number of ether oxygens (including phenoxy) is 2. The van der Waals surface area contributed by atoms with E-state index in [0.29, 0.717) is 30.6 Å². The van der Waals surface area contributed by atoms with Gasteiger partial charge < -0.3 is 35.4 Å². The molecule has 9 nitrogen and oxygen atoms in total. The van der Waals surface area contributed by atoms with Crippen LogP contribution in [0.15, 0.2) is 24.3 Å². The van der Waals surface area contributed by atoms with E-state index in [1.807, 2.05) is 36.2 Å². The number of carboxylic acid groups (broad SMARTS) is 1. The lowest BCUT2D eigenvalue weighted by atomic mass is 9.88. The van der Waals surface area contributed by atoms with Crippen LogP contribution in [0.1, 0.15) is 43.8 Å². The maximum atomic E-state index is 13.0. The number of likely N-dealkylation sites (tertiary alicyclic amines) is 1. The first kappa shape index (κ1) is 27.5. The van der Waals surface area contributed by atoms with Crippen molar-refractivity contribution in [2.24, 2.45) is 11.8 Å². The molecular formula is C25H39ClN4O5. The van der Waals surface area contributed by atoms with E-state index in [9.17, 15) is 9.59 Å². The topological polar surface area (TPSA) is 112 Å². The molecule has 0 radical (unpaired) electrons. The summed E-state index contributed by atoms with van der Waals surface area (Å²) >= 11 is 6.23. The molecule has 0 unspecified atom stereocenters. The van der Waals surface area contributed by atoms with Crippen LogP contribution in [0.2, 0.25) is 5.02 Å². The molecule has 1 aromatic carbocycles. The van der Waals surface area contributed by atoms with Gasteiger partial charge in [-0.15, -0.1) is 0 Å². The molecule has 2 aliphatic rings. The van der Waals surface area contributed by atoms with Crippen molar-refractivity contribution in [3.05, 3.63) is 34.9 Å². The smallest absolute Gasteiger partial charge is 0.404 e. The number of likely N-dealkylation sites (N-methyl/N-ethyl adjacent to an activating group) is 1. The van der Waals surface area contributed by atoms with Gasteiger partial charge in [-0.25, -0.2) is 9.59 Å². The third-order valence-electron chi connectivity index (χ3n) is 6.81. The minimum atomic E-state index is -1.08. The Labute approximate surface area is 212 Å². The molecule has 3 rings (SSSR count). The zero-order valence-corrected chi connectivity index (χ0v) is 21.3. The van der Waals surface area contributed by atoms with Crippen LogP contribution in [-0.2, 0) is 9.47 Å². The third-order valence-corrected chi connectivity index (χ3v) is 7.04. The van der Waals surface area contributed by atoms with Gasteiger partial charge in [-0.1, -0.05) is 23.7 Å². The Morgan fingerprint density at radius 1 is 1.29 bits per heavy atom. The molecule has 2 fully saturated rings. The zero-order chi connectivity index (χ0) is 25.0. The summed E-state index contributed by atoms with van der Waals surface area (Å²) < 4.78 is 11.7. The summed E-state index contributed by atoms with van der Waals surface area (Å²) in [6.45, 7) is 3.92. The lowest BCUT2D eigenvalue weighted by Gasteiger charge is -2.37. The van der Waals surface area contributed by atoms with Crippen LogP contribution >= 0.6 is 11.6 Å². The van der Waals surface area contributed by atoms with Crippen molar-refractivity contribution in [2.45, 2.75) is 44.2 Å². The summed E-state index contributed by atoms with van der Waals surface area (Å²) in [4.78, 5) is 25.7. The van der Waals surface area contributed by atoms with E-state index >= 15 is 0 Å². The Morgan fingerprint density at radius 2 is 2.14 bits per heavy atom. The van der Waals surface area contributed by atoms with Gasteiger partial charge in [0.2, 0.25) is 0 Å². The van der Waals surface area contributed by atoms with Crippen molar-refractivity contribution in [2.75, 3.05) is 53.0 Å². The first-order valence-electron chi connectivity index (χ1n) is 12.6. The van der Waals surface area contributed by atoms with E-state index < -0.39 is 6.09 Å². The van der Waals surface area contributed by atoms with Gasteiger partial charge >= 0.3 is 12.1 Å². The van der Waals surface area contributed by atoms with E-state index in [4.69, 9.17) is 26.2 Å². The first-order valence-corrected chi connectivity index (χ1v) is 13.0. The summed E-state index contributed by atoms with van der Waals surface area (Å²) in [6.07, 6.45) is 3.68. The number of nitrogens with zero attached hydrogens (tertiary/aromatic N) is 1. The van der Waals surface area contributed by atoms with Gasteiger partial charge in [0.15, 0.2) is 0 Å². The van der Waals surface area contributed by atoms with Gasteiger partial charge in [-0.05, 0) is 62.8 Å². The number of piperidine rings is 1. The summed E-state index contributed by atoms with van der Waals surface area (Å²) in [7, 11) is 1.93. The van der Waals surface area contributed by atoms with E-state index in [-0.39, 0.29) is 37.2 Å². The fraction of sp³-hybridized carbons (Fsp3) is 0.680. The molecule has 1 aromatic rings. The van der Waals surface area contributed by atoms with Crippen LogP contribution < -0.4 is 16.0 Å². The Kier molecular flexibility index (Phi) is 11.4. The number of benzene rings is 1. The molecule has 35 heavy (non-hydrogen) atoms. The van der Waals surface area contributed by atoms with Gasteiger partial charge in [0.25, 0.3) is 0 Å². The quantitative estimate of drug-likeness (QED) is 0.339. The number of hydrogen-bond donors (Lipinski definition) is 4. The second kappa shape index (κ2) is 14.5. The minimum Gasteiger partial charge on any atom is -0.465 e. The molecule has 4 N–H and O–H groups in total. The number of urea groups is 1. The molecule has 0 spiro atoms. The second-order valence-electron chi connectivity index (χ2n) is 9.42. The summed E-state index contributed by atoms with van der Waals surface area (Å²) in [5.41, 5.74) is 0.935. The molecule has 2 heterocycles. The minimum absolute atomic E-state index is 0.0627. The average Bonchev–Trinajstić information content (AvgIpc) is 2.87. The number of halogens is 1. The number of carbonyl (C=O) groups excluding carboxylic acids is 1. The molecule has 2 aliphatic heterocycles. The van der Waals surface area contributed by atoms with Crippen LogP contribution in [0, 0.1) is 11.8 Å². The number of amides is 3. The summed E-state index contributed by atoms with van der Waals surface area (Å²) in [6, 6.07) is 7.68. The molecule has 0 bridgehead atoms. The molecular weight excluding hydrogens is 472 g/mol. The molecule has 0 saturated carbocycles. The molecule has 4 atom stereocenters. The predicted molar refractivity (Wildman–Crippen MR) is 135 cm³/mol. The number of carbonyl (C=O) groups is 2. The maximum absolute atomic E-state index is 13.0. The normalized spacial score (nSPS) is 22.3. The maximum Gasteiger partial charge on any atom is 0.404 e. The van der Waals surface area contributed by atoms with E-state index in [0.717, 1.165) is 44.5 Å². The highest BCUT2D eigenvalue weighted by atomic mass is 35.5. The SMILES string of the molecule is CN[C@H](CNC(=O)N1CCC[C@@H]([C@@H](OCCNC(=O)O)c2cccc(Cl)c2)C1)C[C@H]1CCCOC1. The molecule has 0 aromatic heterocycles. The lowest BCUT2D eigenvalue weighted by molar-refractivity contribution is -0.00837. The van der Waals surface area contributed by atoms with Gasteiger partial charge in [-0.2, -0.15) is 0 Å². The Balaban J connectivity index is 1.56. The van der Waals surface area contributed by atoms with Crippen molar-refractivity contribution in [1.82, 2.24) is 20.9 Å². The van der Waals surface area contributed by atoms with Crippen molar-refractivity contribution in [3.63, 3.8) is 0 Å². The number of rotatable bonds is 11. The predicted octanol–water partition coefficient (Wildman–Crippen LogP) is 3.49. The first-order chi connectivity index (χ1) is 17.0. The van der Waals surface area contributed by atoms with E-state index in [1.54, 1.807) is 0 Å². The third kappa shape index (κ3) is 9.14. The second-order valence-corrected chi connectivity index (χ2v) is 9.85. The monoisotopic (exact) mass is 510 g/mol. The van der Waals surface area contributed by atoms with Crippen LogP contribution in [0.4, 0.5) is 9.59 Å².